The number of nitrogens with one attached hydrogen (secondary N) is 1. The Morgan fingerprint density at radius 3 is 2.32 bits per heavy atom. The summed E-state index contributed by atoms with van der Waals surface area (Å²) in [5.74, 6) is -3.11. The number of fused-ring (bicyclic) bond motifs is 5. The fraction of sp³-hybridized carbons (Fsp3) is 0.455. The lowest BCUT2D eigenvalue weighted by molar-refractivity contribution is -0.162. The van der Waals surface area contributed by atoms with Gasteiger partial charge in [0.1, 0.15) is 6.04 Å². The summed E-state index contributed by atoms with van der Waals surface area (Å²) in [6.07, 6.45) is 4.80. The third kappa shape index (κ3) is 3.74. The topological polar surface area (TPSA) is 92.8 Å². The van der Waals surface area contributed by atoms with Crippen molar-refractivity contribution in [1.82, 2.24) is 4.90 Å². The van der Waals surface area contributed by atoms with Crippen molar-refractivity contribution in [2.24, 2.45) is 29.6 Å². The van der Waals surface area contributed by atoms with Crippen LogP contribution in [-0.2, 0) is 23.9 Å². The molecule has 1 aromatic rings. The quantitative estimate of drug-likeness (QED) is 0.396. The van der Waals surface area contributed by atoms with Crippen molar-refractivity contribution >= 4 is 52.6 Å². The summed E-state index contributed by atoms with van der Waals surface area (Å²) >= 11 is 12.0. The summed E-state index contributed by atoms with van der Waals surface area (Å²) in [4.78, 5) is 52.2. The standard InChI is InChI=1S/C22H22Cl2N2O5/c1-10(2)19(26-20(28)16-11-6-7-12(8-11)17(16)21(26)29)22(30)31-9-15(27)25-14-5-3-4-13(23)18(14)24/h3-7,10-12,16-17,19H,8-9H2,1-2H3,(H,25,27)/t11-,12-,16-,17+,19-/m0/s1. The van der Waals surface area contributed by atoms with Gasteiger partial charge >= 0.3 is 5.97 Å². The summed E-state index contributed by atoms with van der Waals surface area (Å²) in [6.45, 7) is 2.89. The van der Waals surface area contributed by atoms with Gasteiger partial charge in [-0.15, -0.1) is 0 Å². The zero-order valence-electron chi connectivity index (χ0n) is 17.0. The Hall–Kier alpha value is -2.38. The predicted molar refractivity (Wildman–Crippen MR) is 114 cm³/mol. The highest BCUT2D eigenvalue weighted by atomic mass is 35.5. The van der Waals surface area contributed by atoms with Crippen molar-refractivity contribution in [3.8, 4) is 0 Å². The van der Waals surface area contributed by atoms with E-state index in [0.29, 0.717) is 0 Å². The Bertz CT molecular complexity index is 962. The third-order valence-corrected chi connectivity index (χ3v) is 7.05. The van der Waals surface area contributed by atoms with E-state index in [1.54, 1.807) is 32.0 Å². The van der Waals surface area contributed by atoms with Gasteiger partial charge in [0.05, 0.1) is 27.6 Å². The number of hydrogen-bond donors (Lipinski definition) is 1. The molecule has 9 heteroatoms. The Labute approximate surface area is 189 Å². The number of likely N-dealkylation sites (tertiary alicyclic amines) is 1. The summed E-state index contributed by atoms with van der Waals surface area (Å²) < 4.78 is 5.18. The van der Waals surface area contributed by atoms with E-state index in [0.717, 1.165) is 11.3 Å². The molecule has 1 heterocycles. The smallest absolute Gasteiger partial charge is 0.330 e. The van der Waals surface area contributed by atoms with Crippen LogP contribution in [0.1, 0.15) is 20.3 Å². The molecule has 0 unspecified atom stereocenters. The van der Waals surface area contributed by atoms with E-state index in [2.05, 4.69) is 5.32 Å². The first kappa shape index (κ1) is 21.8. The van der Waals surface area contributed by atoms with Crippen LogP contribution in [0.3, 0.4) is 0 Å². The maximum atomic E-state index is 13.0. The fourth-order valence-corrected chi connectivity index (χ4v) is 5.23. The molecular weight excluding hydrogens is 443 g/mol. The zero-order valence-corrected chi connectivity index (χ0v) is 18.5. The largest absolute Gasteiger partial charge is 0.454 e. The molecule has 1 aliphatic heterocycles. The molecule has 1 aromatic carbocycles. The summed E-state index contributed by atoms with van der Waals surface area (Å²) in [5, 5.41) is 2.97. The lowest BCUT2D eigenvalue weighted by Gasteiger charge is -2.28. The SMILES string of the molecule is CC(C)[C@@H](C(=O)OCC(=O)Nc1cccc(Cl)c1Cl)N1C(=O)[C@@H]2[C@H](C1=O)[C@H]1C=C[C@H]2C1. The normalized spacial score (nSPS) is 27.1. The molecule has 1 saturated heterocycles. The molecule has 5 atom stereocenters. The van der Waals surface area contributed by atoms with Gasteiger partial charge in [-0.25, -0.2) is 4.79 Å². The van der Waals surface area contributed by atoms with Crippen molar-refractivity contribution in [3.63, 3.8) is 0 Å². The summed E-state index contributed by atoms with van der Waals surface area (Å²) in [5.41, 5.74) is 0.288. The van der Waals surface area contributed by atoms with Gasteiger partial charge in [0.25, 0.3) is 5.91 Å². The maximum Gasteiger partial charge on any atom is 0.330 e. The number of anilines is 1. The highest BCUT2D eigenvalue weighted by Crippen LogP contribution is 2.53. The molecular formula is C22H22Cl2N2O5. The Morgan fingerprint density at radius 2 is 1.74 bits per heavy atom. The van der Waals surface area contributed by atoms with E-state index in [1.165, 1.54) is 0 Å². The lowest BCUT2D eigenvalue weighted by Crippen LogP contribution is -2.50. The summed E-state index contributed by atoms with van der Waals surface area (Å²) in [6, 6.07) is 3.68. The molecule has 164 valence electrons. The molecule has 2 fully saturated rings. The first-order valence-electron chi connectivity index (χ1n) is 10.2. The van der Waals surface area contributed by atoms with Crippen LogP contribution in [0.5, 0.6) is 0 Å². The average Bonchev–Trinajstić information content (AvgIpc) is 3.40. The zero-order chi connectivity index (χ0) is 22.4. The number of carbonyl (C=O) groups excluding carboxylic acids is 4. The minimum Gasteiger partial charge on any atom is -0.454 e. The number of hydrogen-bond acceptors (Lipinski definition) is 5. The van der Waals surface area contributed by atoms with Crippen molar-refractivity contribution in [2.75, 3.05) is 11.9 Å². The van der Waals surface area contributed by atoms with E-state index in [9.17, 15) is 19.2 Å². The van der Waals surface area contributed by atoms with Crippen LogP contribution in [0.25, 0.3) is 0 Å². The number of imide groups is 1. The number of carbonyl (C=O) groups is 4. The number of nitrogens with zero attached hydrogens (tertiary/aromatic N) is 1. The van der Waals surface area contributed by atoms with Gasteiger partial charge in [0.2, 0.25) is 11.8 Å². The molecule has 1 N–H and O–H groups in total. The highest BCUT2D eigenvalue weighted by molar-refractivity contribution is 6.44. The minimum absolute atomic E-state index is 0.0495. The number of halogens is 2. The van der Waals surface area contributed by atoms with Gasteiger partial charge in [0.15, 0.2) is 6.61 Å². The van der Waals surface area contributed by atoms with Crippen LogP contribution in [0, 0.1) is 29.6 Å². The van der Waals surface area contributed by atoms with E-state index in [-0.39, 0.29) is 45.3 Å². The van der Waals surface area contributed by atoms with E-state index < -0.39 is 36.4 Å². The Morgan fingerprint density at radius 1 is 1.13 bits per heavy atom. The van der Waals surface area contributed by atoms with Crippen molar-refractivity contribution in [1.29, 1.82) is 0 Å². The second-order valence-corrected chi connectivity index (χ2v) is 9.28. The third-order valence-electron chi connectivity index (χ3n) is 6.23. The van der Waals surface area contributed by atoms with Crippen molar-refractivity contribution < 1.29 is 23.9 Å². The number of ether oxygens (including phenoxy) is 1. The predicted octanol–water partition coefficient (Wildman–Crippen LogP) is 3.31. The first-order valence-corrected chi connectivity index (χ1v) is 10.9. The molecule has 2 bridgehead atoms. The molecule has 31 heavy (non-hydrogen) atoms. The van der Waals surface area contributed by atoms with Crippen molar-refractivity contribution in [2.45, 2.75) is 26.3 Å². The molecule has 0 aromatic heterocycles. The minimum atomic E-state index is -1.08. The lowest BCUT2D eigenvalue weighted by atomic mass is 9.85. The second-order valence-electron chi connectivity index (χ2n) is 8.49. The maximum absolute atomic E-state index is 13.0. The van der Waals surface area contributed by atoms with Crippen LogP contribution in [0.4, 0.5) is 5.69 Å². The number of esters is 1. The number of allylic oxidation sites excluding steroid dienone is 2. The molecule has 3 amide bonds. The van der Waals surface area contributed by atoms with Gasteiger partial charge in [-0.05, 0) is 36.3 Å². The number of benzene rings is 1. The number of rotatable bonds is 6. The molecule has 4 rings (SSSR count). The second kappa shape index (κ2) is 8.28. The van der Waals surface area contributed by atoms with Gasteiger partial charge < -0.3 is 10.1 Å². The molecule has 1 saturated carbocycles. The van der Waals surface area contributed by atoms with Crippen LogP contribution < -0.4 is 5.32 Å². The fourth-order valence-electron chi connectivity index (χ4n) is 4.88. The van der Waals surface area contributed by atoms with Crippen LogP contribution in [-0.4, -0.2) is 41.2 Å². The monoisotopic (exact) mass is 464 g/mol. The number of amides is 3. The highest BCUT2D eigenvalue weighted by Gasteiger charge is 2.61. The molecule has 2 aliphatic carbocycles. The van der Waals surface area contributed by atoms with E-state index >= 15 is 0 Å². The van der Waals surface area contributed by atoms with Gasteiger partial charge in [-0.3, -0.25) is 19.3 Å². The van der Waals surface area contributed by atoms with Crippen LogP contribution in [0.15, 0.2) is 30.4 Å². The van der Waals surface area contributed by atoms with Gasteiger partial charge in [-0.2, -0.15) is 0 Å². The summed E-state index contributed by atoms with van der Waals surface area (Å²) in [7, 11) is 0. The Kier molecular flexibility index (Phi) is 5.83. The van der Waals surface area contributed by atoms with Crippen LogP contribution >= 0.6 is 23.2 Å². The van der Waals surface area contributed by atoms with E-state index in [1.807, 2.05) is 12.2 Å². The van der Waals surface area contributed by atoms with Crippen molar-refractivity contribution in [3.05, 3.63) is 40.4 Å². The molecule has 0 radical (unpaired) electrons. The Balaban J connectivity index is 1.43. The molecule has 3 aliphatic rings. The van der Waals surface area contributed by atoms with Gasteiger partial charge in [-0.1, -0.05) is 55.3 Å². The van der Waals surface area contributed by atoms with Crippen LogP contribution in [0.2, 0.25) is 10.0 Å². The molecule has 0 spiro atoms. The van der Waals surface area contributed by atoms with E-state index in [4.69, 9.17) is 27.9 Å². The van der Waals surface area contributed by atoms with Gasteiger partial charge in [0, 0.05) is 0 Å². The first-order chi connectivity index (χ1) is 14.7. The molecule has 7 nitrogen and oxygen atoms in total. The average molecular weight is 465 g/mol.